The molecule has 1 aliphatic rings. The van der Waals surface area contributed by atoms with Gasteiger partial charge in [0.05, 0.1) is 7.11 Å². The maximum absolute atomic E-state index is 11.5. The summed E-state index contributed by atoms with van der Waals surface area (Å²) in [5.74, 6) is 0.282. The Bertz CT molecular complexity index is 362. The molecule has 0 amide bonds. The van der Waals surface area contributed by atoms with E-state index in [4.69, 9.17) is 4.74 Å². The van der Waals surface area contributed by atoms with E-state index in [1.165, 1.54) is 18.9 Å². The van der Waals surface area contributed by atoms with E-state index in [1.54, 1.807) is 6.33 Å². The number of rotatable bonds is 4. The molecule has 2 rings (SSSR count). The zero-order valence-electron chi connectivity index (χ0n) is 8.71. The Balaban J connectivity index is 2.06. The van der Waals surface area contributed by atoms with Gasteiger partial charge in [0.1, 0.15) is 11.6 Å². The maximum atomic E-state index is 11.5. The van der Waals surface area contributed by atoms with Crippen LogP contribution in [0, 0.1) is 5.92 Å². The van der Waals surface area contributed by atoms with Crippen molar-refractivity contribution in [2.24, 2.45) is 13.0 Å². The van der Waals surface area contributed by atoms with Crippen LogP contribution in [0.3, 0.4) is 0 Å². The first-order valence-corrected chi connectivity index (χ1v) is 5.69. The highest BCUT2D eigenvalue weighted by Crippen LogP contribution is 2.41. The summed E-state index contributed by atoms with van der Waals surface area (Å²) >= 11 is 1.44. The number of carbonyl (C=O) groups is 1. The molecule has 15 heavy (non-hydrogen) atoms. The number of carbonyl (C=O) groups excluding carboxylic acids is 1. The lowest BCUT2D eigenvalue weighted by Gasteiger charge is -2.11. The number of aryl methyl sites for hydroxylation is 1. The first-order chi connectivity index (χ1) is 7.22. The third-order valence-electron chi connectivity index (χ3n) is 2.39. The summed E-state index contributed by atoms with van der Waals surface area (Å²) in [7, 11) is 3.29. The molecular formula is C9H13N3O2S. The van der Waals surface area contributed by atoms with Gasteiger partial charge in [-0.25, -0.2) is 0 Å². The number of methoxy groups -OCH3 is 1. The standard InChI is InChI=1S/C9H13N3O2S/c1-12-5-10-11-9(12)15-7(6-3-4-6)8(13)14-2/h5-7H,3-4H2,1-2H3. The summed E-state index contributed by atoms with van der Waals surface area (Å²) < 4.78 is 6.59. The lowest BCUT2D eigenvalue weighted by atomic mass is 10.3. The highest BCUT2D eigenvalue weighted by molar-refractivity contribution is 8.00. The van der Waals surface area contributed by atoms with E-state index in [1.807, 2.05) is 11.6 Å². The second-order valence-electron chi connectivity index (χ2n) is 3.62. The quantitative estimate of drug-likeness (QED) is 0.564. The van der Waals surface area contributed by atoms with Crippen LogP contribution in [0.1, 0.15) is 12.8 Å². The fourth-order valence-electron chi connectivity index (χ4n) is 1.34. The van der Waals surface area contributed by atoms with Crippen molar-refractivity contribution in [3.8, 4) is 0 Å². The highest BCUT2D eigenvalue weighted by atomic mass is 32.2. The van der Waals surface area contributed by atoms with Gasteiger partial charge >= 0.3 is 5.97 Å². The lowest BCUT2D eigenvalue weighted by molar-refractivity contribution is -0.140. The Morgan fingerprint density at radius 1 is 1.73 bits per heavy atom. The average molecular weight is 227 g/mol. The summed E-state index contributed by atoms with van der Waals surface area (Å²) in [4.78, 5) is 11.5. The number of hydrogen-bond acceptors (Lipinski definition) is 5. The third-order valence-corrected chi connectivity index (χ3v) is 3.80. The van der Waals surface area contributed by atoms with E-state index in [-0.39, 0.29) is 11.2 Å². The molecule has 0 aliphatic heterocycles. The Morgan fingerprint density at radius 3 is 2.93 bits per heavy atom. The van der Waals surface area contributed by atoms with Gasteiger partial charge < -0.3 is 9.30 Å². The van der Waals surface area contributed by atoms with Gasteiger partial charge in [0.25, 0.3) is 0 Å². The minimum Gasteiger partial charge on any atom is -0.468 e. The van der Waals surface area contributed by atoms with Crippen LogP contribution in [-0.4, -0.2) is 33.1 Å². The van der Waals surface area contributed by atoms with Gasteiger partial charge in [-0.3, -0.25) is 4.79 Å². The molecule has 1 aromatic heterocycles. The molecule has 0 saturated heterocycles. The van der Waals surface area contributed by atoms with Gasteiger partial charge in [0, 0.05) is 7.05 Å². The van der Waals surface area contributed by atoms with Gasteiger partial charge in [0.15, 0.2) is 5.16 Å². The Kier molecular flexibility index (Phi) is 2.95. The van der Waals surface area contributed by atoms with Crippen molar-refractivity contribution in [1.29, 1.82) is 0 Å². The molecule has 1 unspecified atom stereocenters. The van der Waals surface area contributed by atoms with Crippen LogP contribution in [0.25, 0.3) is 0 Å². The van der Waals surface area contributed by atoms with Crippen LogP contribution >= 0.6 is 11.8 Å². The van der Waals surface area contributed by atoms with Crippen LogP contribution in [0.2, 0.25) is 0 Å². The number of nitrogens with zero attached hydrogens (tertiary/aromatic N) is 3. The topological polar surface area (TPSA) is 57.0 Å². The zero-order chi connectivity index (χ0) is 10.8. The predicted molar refractivity (Wildman–Crippen MR) is 55.4 cm³/mol. The molecule has 0 N–H and O–H groups in total. The predicted octanol–water partition coefficient (Wildman–Crippen LogP) is 0.859. The monoisotopic (exact) mass is 227 g/mol. The van der Waals surface area contributed by atoms with Crippen molar-refractivity contribution in [1.82, 2.24) is 14.8 Å². The van der Waals surface area contributed by atoms with E-state index in [9.17, 15) is 4.79 Å². The fourth-order valence-corrected chi connectivity index (χ4v) is 2.54. The Labute approximate surface area is 92.2 Å². The second-order valence-corrected chi connectivity index (χ2v) is 4.73. The molecule has 0 radical (unpaired) electrons. The third kappa shape index (κ3) is 2.31. The van der Waals surface area contributed by atoms with Gasteiger partial charge in [-0.2, -0.15) is 0 Å². The van der Waals surface area contributed by atoms with Gasteiger partial charge in [0.2, 0.25) is 0 Å². The van der Waals surface area contributed by atoms with Crippen LogP contribution in [0.5, 0.6) is 0 Å². The minimum atomic E-state index is -0.162. The fraction of sp³-hybridized carbons (Fsp3) is 0.667. The molecule has 5 nitrogen and oxygen atoms in total. The molecule has 1 atom stereocenters. The molecule has 1 aromatic rings. The smallest absolute Gasteiger partial charge is 0.319 e. The van der Waals surface area contributed by atoms with Crippen molar-refractivity contribution in [3.63, 3.8) is 0 Å². The summed E-state index contributed by atoms with van der Waals surface area (Å²) in [5, 5.41) is 8.36. The molecule has 1 saturated carbocycles. The number of hydrogen-bond donors (Lipinski definition) is 0. The SMILES string of the molecule is COC(=O)C(Sc1nncn1C)C1CC1. The first-order valence-electron chi connectivity index (χ1n) is 4.81. The van der Waals surface area contributed by atoms with Crippen LogP contribution < -0.4 is 0 Å². The molecule has 0 aromatic carbocycles. The molecule has 1 fully saturated rings. The van der Waals surface area contributed by atoms with Gasteiger partial charge in [-0.05, 0) is 18.8 Å². The van der Waals surface area contributed by atoms with E-state index >= 15 is 0 Å². The van der Waals surface area contributed by atoms with Gasteiger partial charge in [-0.15, -0.1) is 10.2 Å². The number of ether oxygens (including phenoxy) is 1. The van der Waals surface area contributed by atoms with Crippen molar-refractivity contribution in [2.75, 3.05) is 7.11 Å². The van der Waals surface area contributed by atoms with Crippen LogP contribution in [-0.2, 0) is 16.6 Å². The molecular weight excluding hydrogens is 214 g/mol. The van der Waals surface area contributed by atoms with Crippen molar-refractivity contribution >= 4 is 17.7 Å². The zero-order valence-corrected chi connectivity index (χ0v) is 9.53. The minimum absolute atomic E-state index is 0.127. The molecule has 0 bridgehead atoms. The number of thioether (sulfide) groups is 1. The summed E-state index contributed by atoms with van der Waals surface area (Å²) in [6.07, 6.45) is 3.83. The lowest BCUT2D eigenvalue weighted by Crippen LogP contribution is -2.21. The van der Waals surface area contributed by atoms with Crippen LogP contribution in [0.15, 0.2) is 11.5 Å². The molecule has 1 aliphatic carbocycles. The summed E-state index contributed by atoms with van der Waals surface area (Å²) in [5.41, 5.74) is 0. The van der Waals surface area contributed by atoms with Crippen molar-refractivity contribution < 1.29 is 9.53 Å². The summed E-state index contributed by atoms with van der Waals surface area (Å²) in [6, 6.07) is 0. The van der Waals surface area contributed by atoms with Crippen LogP contribution in [0.4, 0.5) is 0 Å². The normalized spacial score (nSPS) is 17.5. The average Bonchev–Trinajstić information content (AvgIpc) is 2.99. The van der Waals surface area contributed by atoms with E-state index in [0.29, 0.717) is 5.92 Å². The van der Waals surface area contributed by atoms with Crippen molar-refractivity contribution in [2.45, 2.75) is 23.2 Å². The number of esters is 1. The summed E-state index contributed by atoms with van der Waals surface area (Å²) in [6.45, 7) is 0. The Morgan fingerprint density at radius 2 is 2.47 bits per heavy atom. The second kappa shape index (κ2) is 4.22. The molecule has 1 heterocycles. The van der Waals surface area contributed by atoms with Gasteiger partial charge in [-0.1, -0.05) is 11.8 Å². The van der Waals surface area contributed by atoms with Crippen molar-refractivity contribution in [3.05, 3.63) is 6.33 Å². The Hall–Kier alpha value is -1.04. The first kappa shape index (κ1) is 10.5. The maximum Gasteiger partial charge on any atom is 0.319 e. The number of aromatic nitrogens is 3. The molecule has 0 spiro atoms. The van der Waals surface area contributed by atoms with E-state index in [0.717, 1.165) is 18.0 Å². The van der Waals surface area contributed by atoms with E-state index in [2.05, 4.69) is 10.2 Å². The highest BCUT2D eigenvalue weighted by Gasteiger charge is 2.38. The molecule has 82 valence electrons. The largest absolute Gasteiger partial charge is 0.468 e. The molecule has 6 heteroatoms. The van der Waals surface area contributed by atoms with E-state index < -0.39 is 0 Å².